The van der Waals surface area contributed by atoms with Crippen LogP contribution in [0.5, 0.6) is 0 Å². The molecule has 1 rings (SSSR count). The number of aliphatic hydroxyl groups is 1. The Morgan fingerprint density at radius 2 is 1.06 bits per heavy atom. The van der Waals surface area contributed by atoms with Gasteiger partial charge in [0, 0.05) is 35.8 Å². The van der Waals surface area contributed by atoms with E-state index >= 15 is 0 Å². The summed E-state index contributed by atoms with van der Waals surface area (Å²) in [6, 6.07) is 0. The van der Waals surface area contributed by atoms with Gasteiger partial charge in [0.2, 0.25) is 0 Å². The summed E-state index contributed by atoms with van der Waals surface area (Å²) in [6.07, 6.45) is 16.5. The van der Waals surface area contributed by atoms with Crippen LogP contribution in [-0.4, -0.2) is 129 Å². The van der Waals surface area contributed by atoms with Crippen LogP contribution in [0.1, 0.15) is 109 Å². The van der Waals surface area contributed by atoms with Crippen molar-refractivity contribution in [2.75, 3.05) is 42.4 Å². The number of halogens is 3. The second-order valence-corrected chi connectivity index (χ2v) is 15.7. The first-order valence-corrected chi connectivity index (χ1v) is 31.7. The van der Waals surface area contributed by atoms with E-state index in [1.54, 1.807) is 20.8 Å². The zero-order valence-corrected chi connectivity index (χ0v) is 47.6. The van der Waals surface area contributed by atoms with Crippen LogP contribution >= 0.6 is 47.8 Å². The third-order valence-corrected chi connectivity index (χ3v) is 10.3. The Balaban J connectivity index is -0.0000000909. The number of aliphatic hydroxyl groups excluding tert-OH is 1. The fraction of sp³-hybridized carbons (Fsp3) is 0.971. The third kappa shape index (κ3) is 56.1. The average molecular weight is 949 g/mol. The Hall–Kier alpha value is 4.01. The molecule has 2 N–H and O–H groups in total. The van der Waals surface area contributed by atoms with Crippen molar-refractivity contribution in [1.82, 2.24) is 0 Å². The summed E-state index contributed by atoms with van der Waals surface area (Å²) in [5.41, 5.74) is -0.583. The molecular weight excluding hydrogens is 868 g/mol. The molecule has 1 saturated heterocycles. The number of hydrogen-bond donors (Lipinski definition) is 2. The molecule has 0 atom stereocenters. The molecule has 0 saturated carbocycles. The van der Waals surface area contributed by atoms with Crippen LogP contribution in [0.25, 0.3) is 0 Å². The number of aliphatic carboxylic acids is 1. The van der Waals surface area contributed by atoms with Gasteiger partial charge in [0.25, 0.3) is 13.8 Å². The first-order chi connectivity index (χ1) is 23.7. The van der Waals surface area contributed by atoms with Crippen molar-refractivity contribution in [2.24, 2.45) is 5.41 Å². The zero-order chi connectivity index (χ0) is 40.3. The van der Waals surface area contributed by atoms with E-state index in [0.29, 0.717) is 20.4 Å². The number of hydrogen-bond acceptors (Lipinski definition) is 5. The van der Waals surface area contributed by atoms with Gasteiger partial charge >= 0.3 is 79.1 Å². The Kier molecular flexibility index (Phi) is 76.6. The number of alkyl halides is 3. The predicted octanol–water partition coefficient (Wildman–Crippen LogP) is 8.69. The van der Waals surface area contributed by atoms with Crippen molar-refractivity contribution in [2.45, 2.75) is 172 Å². The molecule has 51 heavy (non-hydrogen) atoms. The Morgan fingerprint density at radius 1 is 0.725 bits per heavy atom. The van der Waals surface area contributed by atoms with Gasteiger partial charge in [-0.15, -0.1) is 0 Å². The summed E-state index contributed by atoms with van der Waals surface area (Å²) >= 11 is 12.8. The zero-order valence-electron chi connectivity index (χ0n) is 36.8. The van der Waals surface area contributed by atoms with Crippen LogP contribution in [0.15, 0.2) is 0 Å². The molecule has 0 radical (unpaired) electrons. The van der Waals surface area contributed by atoms with Crippen LogP contribution < -0.4 is 29.6 Å². The van der Waals surface area contributed by atoms with Gasteiger partial charge in [-0.1, -0.05) is 161 Å². The van der Waals surface area contributed by atoms with Gasteiger partial charge in [-0.05, 0) is 46.6 Å². The van der Waals surface area contributed by atoms with Crippen LogP contribution in [0.4, 0.5) is 0 Å². The summed E-state index contributed by atoms with van der Waals surface area (Å²) in [4.78, 5) is 10.0. The second-order valence-electron chi connectivity index (χ2n) is 13.3. The van der Waals surface area contributed by atoms with Crippen molar-refractivity contribution in [1.29, 1.82) is 0 Å². The molecule has 6 nitrogen and oxygen atoms in total. The minimum absolute atomic E-state index is 0. The van der Waals surface area contributed by atoms with Crippen LogP contribution in [-0.2, 0) is 18.8 Å². The Bertz CT molecular complexity index is 590. The minimum atomic E-state index is -0.757. The predicted molar refractivity (Wildman–Crippen MR) is 246 cm³/mol. The SMILES string of the molecule is CC(C)(C)C(=O)O.CCB(CC)CC.CCB(CC)OCCCBr.CCB(CC)OCCCBr.CC[B-]1(CC)CCCO1.OCCCBr.[Na+].[Na][Na]. The monoisotopic (exact) mass is 946 g/mol. The van der Waals surface area contributed by atoms with E-state index < -0.39 is 11.4 Å². The normalized spacial score (nSPS) is 12.0. The molecule has 0 bridgehead atoms. The van der Waals surface area contributed by atoms with Gasteiger partial charge in [0.05, 0.1) is 5.41 Å². The Morgan fingerprint density at radius 3 is 1.18 bits per heavy atom. The summed E-state index contributed by atoms with van der Waals surface area (Å²) in [5, 5.41) is 19.3. The fourth-order valence-corrected chi connectivity index (χ4v) is 5.10. The van der Waals surface area contributed by atoms with Crippen LogP contribution in [0.3, 0.4) is 0 Å². The molecule has 0 amide bonds. The van der Waals surface area contributed by atoms with Crippen LogP contribution in [0.2, 0.25) is 63.2 Å². The molecule has 16 heteroatoms. The molecule has 0 unspecified atom stereocenters. The van der Waals surface area contributed by atoms with Crippen molar-refractivity contribution >= 4 is 124 Å². The van der Waals surface area contributed by atoms with E-state index in [1.165, 1.54) is 88.0 Å². The van der Waals surface area contributed by atoms with Crippen molar-refractivity contribution in [3.63, 3.8) is 0 Å². The van der Waals surface area contributed by atoms with E-state index in [1.807, 2.05) is 0 Å². The van der Waals surface area contributed by atoms with Gasteiger partial charge in [0.1, 0.15) is 13.1 Å². The number of carboxylic acid groups (broad SMARTS) is 1. The Labute approximate surface area is 397 Å². The summed E-state index contributed by atoms with van der Waals surface area (Å²) < 4.78 is 16.8. The molecule has 292 valence electrons. The average Bonchev–Trinajstić information content (AvgIpc) is 3.62. The number of rotatable bonds is 19. The fourth-order valence-electron chi connectivity index (χ4n) is 4.39. The van der Waals surface area contributed by atoms with E-state index in [2.05, 4.69) is 110 Å². The van der Waals surface area contributed by atoms with Gasteiger partial charge < -0.3 is 24.2 Å². The molecule has 1 heterocycles. The third-order valence-electron chi connectivity index (χ3n) is 8.58. The van der Waals surface area contributed by atoms with E-state index in [-0.39, 0.29) is 35.9 Å². The topological polar surface area (TPSA) is 85.2 Å². The van der Waals surface area contributed by atoms with Crippen molar-refractivity contribution in [3.8, 4) is 0 Å². The first-order valence-electron chi connectivity index (χ1n) is 20.3. The maximum atomic E-state index is 10.0. The summed E-state index contributed by atoms with van der Waals surface area (Å²) in [7, 11) is 0. The molecule has 0 aromatic heterocycles. The van der Waals surface area contributed by atoms with Gasteiger partial charge in [0.15, 0.2) is 0 Å². The molecule has 0 aliphatic carbocycles. The molecule has 1 fully saturated rings. The first kappa shape index (κ1) is 69.6. The molecular formula is C35H80B4Br3Na3O6. The molecule has 0 aromatic carbocycles. The number of carbonyl (C=O) groups is 1. The number of carboxylic acids is 1. The second kappa shape index (κ2) is 56.1. The van der Waals surface area contributed by atoms with Crippen molar-refractivity contribution in [3.05, 3.63) is 0 Å². The standard InChI is InChI=1S/2C7H16BBrO.C7H16BO.C6H15B.C5H10O2.C3H7BrO.3Na/c2*1-3-8(4-2)10-7-5-6-9;1-3-8(4-2)6-5-7-9-8;1-4-7(5-2)6-3;1-5(2,3)4(6)7;4-2-1-3-5;;;/h2*3-7H2,1-2H3;3-7H2,1-2H3;4-6H2,1-3H3;1-3H3,(H,6,7);5H,1-3H2;;;/q;;-1;;;;;;+1. The molecule has 0 aromatic rings. The van der Waals surface area contributed by atoms with E-state index in [0.717, 1.165) is 87.1 Å². The van der Waals surface area contributed by atoms with Gasteiger partial charge in [-0.3, -0.25) is 4.79 Å². The molecule has 0 spiro atoms. The van der Waals surface area contributed by atoms with E-state index in [4.69, 9.17) is 24.2 Å². The summed E-state index contributed by atoms with van der Waals surface area (Å²) in [5.74, 6) is -0.757. The van der Waals surface area contributed by atoms with Gasteiger partial charge in [-0.25, -0.2) is 0 Å². The molecule has 1 aliphatic rings. The van der Waals surface area contributed by atoms with Crippen molar-refractivity contribution < 1.29 is 58.5 Å². The molecule has 1 aliphatic heterocycles. The summed E-state index contributed by atoms with van der Waals surface area (Å²) in [6.45, 7) is 30.0. The van der Waals surface area contributed by atoms with Crippen LogP contribution in [0, 0.1) is 5.41 Å². The van der Waals surface area contributed by atoms with Gasteiger partial charge in [-0.2, -0.15) is 19.0 Å². The quantitative estimate of drug-likeness (QED) is 0.0767. The van der Waals surface area contributed by atoms with E-state index in [9.17, 15) is 4.79 Å². The maximum absolute atomic E-state index is 10.0.